The third kappa shape index (κ3) is 2.14. The molecular formula is C12H23NO2S. The van der Waals surface area contributed by atoms with Gasteiger partial charge in [-0.15, -0.1) is 0 Å². The molecule has 0 aromatic heterocycles. The summed E-state index contributed by atoms with van der Waals surface area (Å²) in [5.41, 5.74) is 0.161. The molecule has 2 fully saturated rings. The molecule has 0 radical (unpaired) electrons. The number of hydrogen-bond donors (Lipinski definition) is 1. The van der Waals surface area contributed by atoms with E-state index in [1.807, 2.05) is 0 Å². The highest BCUT2D eigenvalue weighted by Crippen LogP contribution is 2.64. The first kappa shape index (κ1) is 12.4. The van der Waals surface area contributed by atoms with Crippen LogP contribution in [-0.4, -0.2) is 33.0 Å². The maximum Gasteiger partial charge on any atom is 0.150 e. The van der Waals surface area contributed by atoms with Crippen LogP contribution in [-0.2, 0) is 9.84 Å². The quantitative estimate of drug-likeness (QED) is 0.748. The van der Waals surface area contributed by atoms with Gasteiger partial charge in [-0.25, -0.2) is 8.42 Å². The van der Waals surface area contributed by atoms with Crippen LogP contribution in [0.15, 0.2) is 0 Å². The van der Waals surface area contributed by atoms with Crippen molar-refractivity contribution in [1.82, 2.24) is 5.32 Å². The molecule has 4 heteroatoms. The van der Waals surface area contributed by atoms with Crippen molar-refractivity contribution >= 4 is 9.84 Å². The van der Waals surface area contributed by atoms with Crippen LogP contribution < -0.4 is 5.32 Å². The highest BCUT2D eigenvalue weighted by Gasteiger charge is 2.62. The third-order valence-corrected chi connectivity index (χ3v) is 6.10. The summed E-state index contributed by atoms with van der Waals surface area (Å²) in [6.07, 6.45) is 6.81. The summed E-state index contributed by atoms with van der Waals surface area (Å²) in [7, 11) is -2.84. The lowest BCUT2D eigenvalue weighted by molar-refractivity contribution is 0.445. The summed E-state index contributed by atoms with van der Waals surface area (Å²) in [5, 5.41) is 3.38. The van der Waals surface area contributed by atoms with Crippen molar-refractivity contribution in [2.24, 2.45) is 11.3 Å². The summed E-state index contributed by atoms with van der Waals surface area (Å²) < 4.78 is 23.5. The molecule has 1 N–H and O–H groups in total. The van der Waals surface area contributed by atoms with Gasteiger partial charge in [0, 0.05) is 6.26 Å². The zero-order valence-electron chi connectivity index (χ0n) is 10.3. The van der Waals surface area contributed by atoms with Gasteiger partial charge >= 0.3 is 0 Å². The topological polar surface area (TPSA) is 46.2 Å². The number of hydrogen-bond acceptors (Lipinski definition) is 3. The average molecular weight is 245 g/mol. The molecule has 3 atom stereocenters. The Morgan fingerprint density at radius 3 is 2.81 bits per heavy atom. The highest BCUT2D eigenvalue weighted by molar-refractivity contribution is 7.91. The molecule has 0 heterocycles. The van der Waals surface area contributed by atoms with Crippen LogP contribution >= 0.6 is 0 Å². The molecule has 2 aliphatic carbocycles. The molecule has 0 aromatic rings. The molecule has 2 rings (SSSR count). The molecule has 0 saturated heterocycles. The summed E-state index contributed by atoms with van der Waals surface area (Å²) >= 11 is 0. The largest absolute Gasteiger partial charge is 0.316 e. The van der Waals surface area contributed by atoms with E-state index in [1.54, 1.807) is 0 Å². The summed E-state index contributed by atoms with van der Waals surface area (Å²) in [5.74, 6) is 0.612. The fourth-order valence-electron chi connectivity index (χ4n) is 3.53. The predicted octanol–water partition coefficient (Wildman–Crippen LogP) is 1.59. The lowest BCUT2D eigenvalue weighted by Gasteiger charge is -2.18. The highest BCUT2D eigenvalue weighted by atomic mass is 32.2. The van der Waals surface area contributed by atoms with Crippen molar-refractivity contribution in [3.05, 3.63) is 0 Å². The van der Waals surface area contributed by atoms with Gasteiger partial charge in [0.25, 0.3) is 0 Å². The second kappa shape index (κ2) is 4.30. The smallest absolute Gasteiger partial charge is 0.150 e. The van der Waals surface area contributed by atoms with Crippen molar-refractivity contribution in [3.8, 4) is 0 Å². The maximum absolute atomic E-state index is 11.7. The van der Waals surface area contributed by atoms with E-state index in [9.17, 15) is 8.42 Å². The molecule has 2 saturated carbocycles. The van der Waals surface area contributed by atoms with Crippen molar-refractivity contribution in [3.63, 3.8) is 0 Å². The fraction of sp³-hybridized carbons (Fsp3) is 1.00. The van der Waals surface area contributed by atoms with Gasteiger partial charge in [-0.05, 0) is 50.1 Å². The minimum absolute atomic E-state index is 0.0478. The average Bonchev–Trinajstić information content (AvgIpc) is 2.67. The van der Waals surface area contributed by atoms with E-state index in [4.69, 9.17) is 0 Å². The van der Waals surface area contributed by atoms with E-state index in [0.717, 1.165) is 45.2 Å². The van der Waals surface area contributed by atoms with Crippen LogP contribution in [0, 0.1) is 11.3 Å². The second-order valence-corrected chi connectivity index (χ2v) is 7.78. The fourth-order valence-corrected chi connectivity index (χ4v) is 5.39. The van der Waals surface area contributed by atoms with E-state index in [-0.39, 0.29) is 10.7 Å². The van der Waals surface area contributed by atoms with E-state index in [1.165, 1.54) is 6.26 Å². The molecule has 0 aliphatic heterocycles. The van der Waals surface area contributed by atoms with Gasteiger partial charge < -0.3 is 5.32 Å². The van der Waals surface area contributed by atoms with E-state index in [0.29, 0.717) is 5.92 Å². The Hall–Kier alpha value is -0.0900. The second-order valence-electron chi connectivity index (χ2n) is 5.55. The molecule has 94 valence electrons. The van der Waals surface area contributed by atoms with Crippen LogP contribution in [0.4, 0.5) is 0 Å². The maximum atomic E-state index is 11.7. The molecule has 16 heavy (non-hydrogen) atoms. The minimum Gasteiger partial charge on any atom is -0.316 e. The Bertz CT molecular complexity index is 352. The van der Waals surface area contributed by atoms with E-state index >= 15 is 0 Å². The zero-order valence-corrected chi connectivity index (χ0v) is 11.1. The zero-order chi connectivity index (χ0) is 11.8. The molecule has 2 aliphatic rings. The van der Waals surface area contributed by atoms with Gasteiger partial charge in [0.1, 0.15) is 0 Å². The minimum atomic E-state index is -2.84. The Labute approximate surface area is 98.9 Å². The Morgan fingerprint density at radius 1 is 1.44 bits per heavy atom. The standard InChI is InChI=1S/C12H23NO2S/c1-3-7-13-9-10-8-12(10)6-4-5-11(12)16(2,14)15/h10-11,13H,3-9H2,1-2H3. The molecule has 0 amide bonds. The lowest BCUT2D eigenvalue weighted by atomic mass is 10.0. The van der Waals surface area contributed by atoms with Crippen LogP contribution in [0.1, 0.15) is 39.0 Å². The first-order chi connectivity index (χ1) is 7.50. The lowest BCUT2D eigenvalue weighted by Crippen LogP contribution is -2.29. The molecule has 3 unspecified atom stereocenters. The van der Waals surface area contributed by atoms with Crippen molar-refractivity contribution in [2.75, 3.05) is 19.3 Å². The summed E-state index contributed by atoms with van der Waals surface area (Å²) in [6.45, 7) is 4.22. The SMILES string of the molecule is CCCNCC1CC12CCCC2S(C)(=O)=O. The molecule has 3 nitrogen and oxygen atoms in total. The summed E-state index contributed by atoms with van der Waals surface area (Å²) in [4.78, 5) is 0. The van der Waals surface area contributed by atoms with Gasteiger partial charge in [-0.2, -0.15) is 0 Å². The van der Waals surface area contributed by atoms with Crippen LogP contribution in [0.25, 0.3) is 0 Å². The number of rotatable bonds is 5. The van der Waals surface area contributed by atoms with Gasteiger partial charge in [-0.3, -0.25) is 0 Å². The monoisotopic (exact) mass is 245 g/mol. The van der Waals surface area contributed by atoms with Gasteiger partial charge in [0.05, 0.1) is 5.25 Å². The van der Waals surface area contributed by atoms with Gasteiger partial charge in [0.2, 0.25) is 0 Å². The van der Waals surface area contributed by atoms with Gasteiger partial charge in [0.15, 0.2) is 9.84 Å². The van der Waals surface area contributed by atoms with Crippen molar-refractivity contribution < 1.29 is 8.42 Å². The first-order valence-corrected chi connectivity index (χ1v) is 8.36. The molecule has 0 bridgehead atoms. The van der Waals surface area contributed by atoms with Crippen molar-refractivity contribution in [2.45, 2.75) is 44.3 Å². The van der Waals surface area contributed by atoms with Gasteiger partial charge in [-0.1, -0.05) is 13.3 Å². The Kier molecular flexibility index (Phi) is 3.32. The van der Waals surface area contributed by atoms with E-state index < -0.39 is 9.84 Å². The number of sulfone groups is 1. The Morgan fingerprint density at radius 2 is 2.19 bits per heavy atom. The van der Waals surface area contributed by atoms with E-state index in [2.05, 4.69) is 12.2 Å². The van der Waals surface area contributed by atoms with Crippen LogP contribution in [0.3, 0.4) is 0 Å². The van der Waals surface area contributed by atoms with Crippen molar-refractivity contribution in [1.29, 1.82) is 0 Å². The van der Waals surface area contributed by atoms with Crippen LogP contribution in [0.5, 0.6) is 0 Å². The predicted molar refractivity (Wildman–Crippen MR) is 66.2 cm³/mol. The number of nitrogens with one attached hydrogen (secondary N) is 1. The first-order valence-electron chi connectivity index (χ1n) is 6.40. The Balaban J connectivity index is 1.95. The van der Waals surface area contributed by atoms with Crippen LogP contribution in [0.2, 0.25) is 0 Å². The third-order valence-electron chi connectivity index (χ3n) is 4.36. The molecule has 0 aromatic carbocycles. The summed E-state index contributed by atoms with van der Waals surface area (Å²) in [6, 6.07) is 0. The molecular weight excluding hydrogens is 222 g/mol. The molecule has 1 spiro atoms. The normalized spacial score (nSPS) is 38.1.